The Morgan fingerprint density at radius 1 is 1.10 bits per heavy atom. The number of aromatic hydroxyl groups is 1. The maximum absolute atomic E-state index is 13.9. The summed E-state index contributed by atoms with van der Waals surface area (Å²) in [6.07, 6.45) is 0.166. The Hall–Kier alpha value is -3.74. The smallest absolute Gasteiger partial charge is 0.255 e. The Morgan fingerprint density at radius 2 is 1.71 bits per heavy atom. The van der Waals surface area contributed by atoms with Crippen LogP contribution >= 0.6 is 0 Å². The Kier molecular flexibility index (Phi) is 7.35. The molecular formula is C29H38N4O8. The van der Waals surface area contributed by atoms with Gasteiger partial charge in [0.05, 0.1) is 23.3 Å². The van der Waals surface area contributed by atoms with Crippen LogP contribution in [0.5, 0.6) is 5.75 Å². The van der Waals surface area contributed by atoms with Crippen molar-refractivity contribution in [2.45, 2.75) is 51.3 Å². The molecule has 1 fully saturated rings. The minimum absolute atomic E-state index is 0.00110. The van der Waals surface area contributed by atoms with Crippen LogP contribution < -0.4 is 11.1 Å². The number of ketones is 2. The molecule has 12 heteroatoms. The van der Waals surface area contributed by atoms with Gasteiger partial charge < -0.3 is 31.5 Å². The third-order valence-electron chi connectivity index (χ3n) is 8.44. The van der Waals surface area contributed by atoms with Gasteiger partial charge in [0, 0.05) is 11.5 Å². The summed E-state index contributed by atoms with van der Waals surface area (Å²) >= 11 is 0. The predicted octanol–water partition coefficient (Wildman–Crippen LogP) is 0.879. The minimum Gasteiger partial charge on any atom is -0.508 e. The van der Waals surface area contributed by atoms with E-state index in [9.17, 15) is 39.6 Å². The van der Waals surface area contributed by atoms with Crippen molar-refractivity contribution in [3.8, 4) is 5.75 Å². The number of nitrogens with one attached hydrogen (secondary N) is 1. The van der Waals surface area contributed by atoms with E-state index in [1.54, 1.807) is 39.2 Å². The molecule has 41 heavy (non-hydrogen) atoms. The topological polar surface area (TPSA) is 194 Å². The van der Waals surface area contributed by atoms with Crippen LogP contribution in [0.1, 0.15) is 38.3 Å². The lowest BCUT2D eigenvalue weighted by atomic mass is 9.57. The average Bonchev–Trinajstić information content (AvgIpc) is 2.81. The lowest BCUT2D eigenvalue weighted by molar-refractivity contribution is -0.153. The Bertz CT molecular complexity index is 1420. The summed E-state index contributed by atoms with van der Waals surface area (Å²) in [4.78, 5) is 55.6. The molecule has 5 atom stereocenters. The van der Waals surface area contributed by atoms with Crippen molar-refractivity contribution in [1.82, 2.24) is 9.80 Å². The van der Waals surface area contributed by atoms with Crippen molar-refractivity contribution in [1.29, 1.82) is 0 Å². The second kappa shape index (κ2) is 9.97. The van der Waals surface area contributed by atoms with Gasteiger partial charge in [-0.1, -0.05) is 26.8 Å². The average molecular weight is 571 g/mol. The van der Waals surface area contributed by atoms with Crippen LogP contribution in [0.15, 0.2) is 29.0 Å². The Morgan fingerprint density at radius 3 is 2.22 bits per heavy atom. The van der Waals surface area contributed by atoms with Gasteiger partial charge in [0.25, 0.3) is 5.91 Å². The number of primary amides is 1. The van der Waals surface area contributed by atoms with E-state index in [1.165, 1.54) is 11.0 Å². The van der Waals surface area contributed by atoms with Crippen molar-refractivity contribution < 1.29 is 39.6 Å². The zero-order valence-electron chi connectivity index (χ0n) is 24.3. The highest BCUT2D eigenvalue weighted by molar-refractivity contribution is 6.24. The molecular weight excluding hydrogens is 532 g/mol. The maximum Gasteiger partial charge on any atom is 0.255 e. The number of hydrogen-bond acceptors (Lipinski definition) is 10. The van der Waals surface area contributed by atoms with Crippen LogP contribution in [0.2, 0.25) is 0 Å². The molecule has 0 spiro atoms. The molecule has 7 N–H and O–H groups in total. The first kappa shape index (κ1) is 30.2. The SMILES string of the molecule is CN(C)C(C(=O)Nc1ccc2c(c1O)C(O)=C1C(=O)[C@]3(O)C(O)=C(C(N)=O)C(=O)[C@@H](N(C)C)C3CC1C2)C(C)(C)C. The molecule has 0 heterocycles. The number of aliphatic hydroxyl groups is 3. The molecule has 3 aliphatic carbocycles. The lowest BCUT2D eigenvalue weighted by Gasteiger charge is -2.50. The van der Waals surface area contributed by atoms with Crippen LogP contribution in [-0.2, 0) is 25.6 Å². The monoisotopic (exact) mass is 570 g/mol. The van der Waals surface area contributed by atoms with Gasteiger partial charge >= 0.3 is 0 Å². The van der Waals surface area contributed by atoms with Crippen LogP contribution in [-0.4, -0.2) is 99.5 Å². The van der Waals surface area contributed by atoms with E-state index < -0.39 is 75.3 Å². The molecule has 4 rings (SSSR count). The quantitative estimate of drug-likeness (QED) is 0.219. The number of carbonyl (C=O) groups is 4. The van der Waals surface area contributed by atoms with Gasteiger partial charge in [-0.05, 0) is 64.0 Å². The van der Waals surface area contributed by atoms with Crippen molar-refractivity contribution in [2.75, 3.05) is 33.5 Å². The Balaban J connectivity index is 1.83. The van der Waals surface area contributed by atoms with E-state index in [4.69, 9.17) is 5.73 Å². The van der Waals surface area contributed by atoms with Crippen molar-refractivity contribution >= 4 is 34.8 Å². The fourth-order valence-corrected chi connectivity index (χ4v) is 6.92. The highest BCUT2D eigenvalue weighted by Gasteiger charge is 2.64. The molecule has 0 saturated heterocycles. The first-order chi connectivity index (χ1) is 18.8. The fraction of sp³-hybridized carbons (Fsp3) is 0.517. The molecule has 1 aromatic rings. The first-order valence-corrected chi connectivity index (χ1v) is 13.3. The molecule has 1 aromatic carbocycles. The number of nitrogens with zero attached hydrogens (tertiary/aromatic N) is 2. The van der Waals surface area contributed by atoms with Gasteiger partial charge in [-0.3, -0.25) is 29.0 Å². The van der Waals surface area contributed by atoms with Gasteiger partial charge in [-0.15, -0.1) is 0 Å². The second-order valence-corrected chi connectivity index (χ2v) is 12.7. The van der Waals surface area contributed by atoms with Crippen molar-refractivity contribution in [3.63, 3.8) is 0 Å². The molecule has 2 amide bonds. The van der Waals surface area contributed by atoms with Gasteiger partial charge in [-0.2, -0.15) is 0 Å². The molecule has 3 aliphatic rings. The number of fused-ring (bicyclic) bond motifs is 3. The number of rotatable bonds is 5. The summed E-state index contributed by atoms with van der Waals surface area (Å²) < 4.78 is 0. The Labute approximate surface area is 238 Å². The highest BCUT2D eigenvalue weighted by Crippen LogP contribution is 2.53. The highest BCUT2D eigenvalue weighted by atomic mass is 16.3. The third-order valence-corrected chi connectivity index (χ3v) is 8.44. The summed E-state index contributed by atoms with van der Waals surface area (Å²) in [5, 5.41) is 47.9. The zero-order chi connectivity index (χ0) is 30.9. The van der Waals surface area contributed by atoms with Crippen molar-refractivity contribution in [3.05, 3.63) is 40.2 Å². The summed E-state index contributed by atoms with van der Waals surface area (Å²) in [6.45, 7) is 5.71. The van der Waals surface area contributed by atoms with E-state index in [2.05, 4.69) is 5.32 Å². The number of likely N-dealkylation sites (N-methyl/N-ethyl adjacent to an activating group) is 2. The third kappa shape index (κ3) is 4.50. The van der Waals surface area contributed by atoms with Gasteiger partial charge in [0.15, 0.2) is 11.4 Å². The lowest BCUT2D eigenvalue weighted by Crippen LogP contribution is -2.65. The van der Waals surface area contributed by atoms with Gasteiger partial charge in [0.2, 0.25) is 11.7 Å². The van der Waals surface area contributed by atoms with E-state index >= 15 is 0 Å². The van der Waals surface area contributed by atoms with Crippen LogP contribution in [0.3, 0.4) is 0 Å². The van der Waals surface area contributed by atoms with E-state index in [0.29, 0.717) is 5.56 Å². The van der Waals surface area contributed by atoms with E-state index in [-0.39, 0.29) is 35.6 Å². The number of phenols is 1. The molecule has 0 bridgehead atoms. The molecule has 1 saturated carbocycles. The number of amides is 2. The predicted molar refractivity (Wildman–Crippen MR) is 150 cm³/mol. The molecule has 0 aliphatic heterocycles. The molecule has 0 radical (unpaired) electrons. The number of nitrogens with two attached hydrogens (primary N) is 1. The molecule has 222 valence electrons. The number of Topliss-reactive ketones (excluding diaryl/α,β-unsaturated/α-hetero) is 2. The summed E-state index contributed by atoms with van der Waals surface area (Å²) in [7, 11) is 6.61. The second-order valence-electron chi connectivity index (χ2n) is 12.7. The van der Waals surface area contributed by atoms with Crippen LogP contribution in [0.25, 0.3) is 5.76 Å². The van der Waals surface area contributed by atoms with E-state index in [1.807, 2.05) is 20.8 Å². The van der Waals surface area contributed by atoms with Crippen LogP contribution in [0.4, 0.5) is 5.69 Å². The van der Waals surface area contributed by atoms with Gasteiger partial charge in [-0.25, -0.2) is 0 Å². The number of carbonyl (C=O) groups excluding carboxylic acids is 4. The largest absolute Gasteiger partial charge is 0.508 e. The molecule has 12 nitrogen and oxygen atoms in total. The zero-order valence-corrected chi connectivity index (χ0v) is 24.3. The summed E-state index contributed by atoms with van der Waals surface area (Å²) in [6, 6.07) is 1.43. The first-order valence-electron chi connectivity index (χ1n) is 13.3. The van der Waals surface area contributed by atoms with Crippen LogP contribution in [0, 0.1) is 17.3 Å². The van der Waals surface area contributed by atoms with Gasteiger partial charge in [0.1, 0.15) is 22.8 Å². The van der Waals surface area contributed by atoms with E-state index in [0.717, 1.165) is 0 Å². The maximum atomic E-state index is 13.9. The number of aliphatic hydroxyl groups excluding tert-OH is 2. The molecule has 3 unspecified atom stereocenters. The normalized spacial score (nSPS) is 27.0. The molecule has 0 aromatic heterocycles. The number of hydrogen-bond donors (Lipinski definition) is 6. The fourth-order valence-electron chi connectivity index (χ4n) is 6.92. The number of phenolic OH excluding ortho intramolecular Hbond substituents is 1. The minimum atomic E-state index is -2.71. The number of anilines is 1. The number of benzene rings is 1. The summed E-state index contributed by atoms with van der Waals surface area (Å²) in [5.74, 6) is -7.61. The summed E-state index contributed by atoms with van der Waals surface area (Å²) in [5.41, 5.74) is 1.50. The standard InChI is InChI=1S/C29H38N4O8/c1-28(2,3)23(33(6)7)27(40)31-15-9-8-12-10-13-11-14-19(32(4)5)22(36)18(26(30)39)25(38)29(14,41)24(37)17(13)21(35)16(12)20(15)34/h8-9,13-14,19,23,34-35,38,41H,10-11H2,1-7H3,(H2,30,39)(H,31,40)/t13?,14?,19-,23?,29-/m0/s1. The van der Waals surface area contributed by atoms with Crippen molar-refractivity contribution in [2.24, 2.45) is 23.0 Å².